The first-order valence-corrected chi connectivity index (χ1v) is 6.10. The molecule has 0 unspecified atom stereocenters. The van der Waals surface area contributed by atoms with E-state index in [0.29, 0.717) is 16.5 Å². The molecule has 0 fully saturated rings. The zero-order valence-corrected chi connectivity index (χ0v) is 11.1. The molecular formula is C14H13ClN2O2. The van der Waals surface area contributed by atoms with Crippen molar-refractivity contribution in [2.45, 2.75) is 6.42 Å². The molecule has 0 aliphatic rings. The Morgan fingerprint density at radius 2 is 2.21 bits per heavy atom. The lowest BCUT2D eigenvalue weighted by molar-refractivity contribution is -0.115. The summed E-state index contributed by atoms with van der Waals surface area (Å²) in [6.07, 6.45) is 1.89. The number of carbonyl (C=O) groups excluding carboxylic acids is 1. The maximum Gasteiger partial charge on any atom is 0.230 e. The van der Waals surface area contributed by atoms with Crippen molar-refractivity contribution in [2.24, 2.45) is 0 Å². The van der Waals surface area contributed by atoms with Gasteiger partial charge in [0.15, 0.2) is 0 Å². The highest BCUT2D eigenvalue weighted by Crippen LogP contribution is 2.27. The van der Waals surface area contributed by atoms with Gasteiger partial charge in [-0.1, -0.05) is 17.7 Å². The average molecular weight is 277 g/mol. The molecule has 1 N–H and O–H groups in total. The van der Waals surface area contributed by atoms with Gasteiger partial charge < -0.3 is 10.1 Å². The Kier molecular flexibility index (Phi) is 4.36. The Bertz CT molecular complexity index is 573. The van der Waals surface area contributed by atoms with Crippen molar-refractivity contribution in [3.63, 3.8) is 0 Å². The molecule has 1 heterocycles. The van der Waals surface area contributed by atoms with E-state index in [9.17, 15) is 4.79 Å². The summed E-state index contributed by atoms with van der Waals surface area (Å²) in [6.45, 7) is 0. The highest BCUT2D eigenvalue weighted by molar-refractivity contribution is 6.32. The summed E-state index contributed by atoms with van der Waals surface area (Å²) < 4.78 is 5.05. The van der Waals surface area contributed by atoms with Crippen LogP contribution in [0.2, 0.25) is 5.02 Å². The fraction of sp³-hybridized carbons (Fsp3) is 0.143. The highest BCUT2D eigenvalue weighted by Gasteiger charge is 2.07. The summed E-state index contributed by atoms with van der Waals surface area (Å²) in [6, 6.07) is 10.6. The van der Waals surface area contributed by atoms with Crippen molar-refractivity contribution >= 4 is 23.2 Å². The smallest absolute Gasteiger partial charge is 0.230 e. The predicted molar refractivity (Wildman–Crippen MR) is 74.6 cm³/mol. The Morgan fingerprint density at radius 1 is 1.37 bits per heavy atom. The van der Waals surface area contributed by atoms with Crippen LogP contribution in [0.5, 0.6) is 5.75 Å². The lowest BCUT2D eigenvalue weighted by Gasteiger charge is -2.07. The largest absolute Gasteiger partial charge is 0.495 e. The van der Waals surface area contributed by atoms with Gasteiger partial charge in [0.05, 0.1) is 18.6 Å². The lowest BCUT2D eigenvalue weighted by Crippen LogP contribution is -2.15. The topological polar surface area (TPSA) is 51.2 Å². The van der Waals surface area contributed by atoms with Gasteiger partial charge in [0.1, 0.15) is 5.75 Å². The average Bonchev–Trinajstić information content (AvgIpc) is 2.40. The minimum Gasteiger partial charge on any atom is -0.495 e. The van der Waals surface area contributed by atoms with Crippen LogP contribution in [0.25, 0.3) is 0 Å². The molecule has 0 bridgehead atoms. The fourth-order valence-electron chi connectivity index (χ4n) is 1.62. The summed E-state index contributed by atoms with van der Waals surface area (Å²) >= 11 is 5.98. The van der Waals surface area contributed by atoms with Gasteiger partial charge >= 0.3 is 0 Å². The van der Waals surface area contributed by atoms with Crippen LogP contribution in [0.15, 0.2) is 42.6 Å². The molecule has 0 aliphatic carbocycles. The van der Waals surface area contributed by atoms with Crippen LogP contribution in [-0.2, 0) is 11.2 Å². The lowest BCUT2D eigenvalue weighted by atomic mass is 10.2. The normalized spacial score (nSPS) is 10.0. The molecule has 0 aliphatic heterocycles. The molecule has 2 aromatic rings. The number of nitrogens with zero attached hydrogens (tertiary/aromatic N) is 1. The van der Waals surface area contributed by atoms with E-state index in [1.807, 2.05) is 12.1 Å². The van der Waals surface area contributed by atoms with E-state index in [4.69, 9.17) is 16.3 Å². The maximum absolute atomic E-state index is 11.8. The number of anilines is 1. The first kappa shape index (κ1) is 13.4. The third-order valence-corrected chi connectivity index (χ3v) is 2.80. The molecule has 1 amide bonds. The second-order valence-electron chi connectivity index (χ2n) is 3.90. The van der Waals surface area contributed by atoms with Gasteiger partial charge in [-0.3, -0.25) is 9.78 Å². The first-order valence-electron chi connectivity index (χ1n) is 5.72. The monoisotopic (exact) mass is 276 g/mol. The summed E-state index contributed by atoms with van der Waals surface area (Å²) in [5.41, 5.74) is 1.35. The van der Waals surface area contributed by atoms with E-state index >= 15 is 0 Å². The van der Waals surface area contributed by atoms with Crippen LogP contribution in [0.4, 0.5) is 5.69 Å². The Labute approximate surface area is 116 Å². The number of amides is 1. The Hall–Kier alpha value is -2.07. The van der Waals surface area contributed by atoms with Crippen molar-refractivity contribution in [3.05, 3.63) is 53.3 Å². The molecule has 19 heavy (non-hydrogen) atoms. The van der Waals surface area contributed by atoms with Gasteiger partial charge in [-0.25, -0.2) is 0 Å². The van der Waals surface area contributed by atoms with Crippen molar-refractivity contribution in [2.75, 3.05) is 12.4 Å². The van der Waals surface area contributed by atoms with Gasteiger partial charge in [-0.15, -0.1) is 0 Å². The molecule has 2 rings (SSSR count). The molecule has 1 aromatic heterocycles. The van der Waals surface area contributed by atoms with Gasteiger partial charge in [0, 0.05) is 17.6 Å². The SMILES string of the molecule is COc1ccc(NC(=O)Cc2ccccn2)cc1Cl. The van der Waals surface area contributed by atoms with Crippen LogP contribution >= 0.6 is 11.6 Å². The number of methoxy groups -OCH3 is 1. The second kappa shape index (κ2) is 6.20. The molecule has 98 valence electrons. The van der Waals surface area contributed by atoms with Crippen LogP contribution in [-0.4, -0.2) is 18.0 Å². The van der Waals surface area contributed by atoms with Crippen molar-refractivity contribution < 1.29 is 9.53 Å². The van der Waals surface area contributed by atoms with Gasteiger partial charge in [0.2, 0.25) is 5.91 Å². The number of hydrogen-bond acceptors (Lipinski definition) is 3. The van der Waals surface area contributed by atoms with E-state index in [0.717, 1.165) is 5.69 Å². The zero-order valence-electron chi connectivity index (χ0n) is 10.4. The molecule has 4 nitrogen and oxygen atoms in total. The molecule has 0 saturated heterocycles. The fourth-order valence-corrected chi connectivity index (χ4v) is 1.87. The molecule has 5 heteroatoms. The van der Waals surface area contributed by atoms with E-state index in [2.05, 4.69) is 10.3 Å². The van der Waals surface area contributed by atoms with E-state index in [1.54, 1.807) is 37.6 Å². The number of ether oxygens (including phenoxy) is 1. The number of rotatable bonds is 4. The third kappa shape index (κ3) is 3.69. The zero-order chi connectivity index (χ0) is 13.7. The van der Waals surface area contributed by atoms with Crippen LogP contribution in [0, 0.1) is 0 Å². The van der Waals surface area contributed by atoms with Gasteiger partial charge in [0.25, 0.3) is 0 Å². The summed E-state index contributed by atoms with van der Waals surface area (Å²) in [5.74, 6) is 0.435. The van der Waals surface area contributed by atoms with E-state index in [-0.39, 0.29) is 12.3 Å². The second-order valence-corrected chi connectivity index (χ2v) is 4.30. The predicted octanol–water partition coefficient (Wildman–Crippen LogP) is 2.92. The molecule has 0 atom stereocenters. The number of halogens is 1. The van der Waals surface area contributed by atoms with Crippen LogP contribution < -0.4 is 10.1 Å². The van der Waals surface area contributed by atoms with Crippen molar-refractivity contribution in [1.29, 1.82) is 0 Å². The number of hydrogen-bond donors (Lipinski definition) is 1. The number of aromatic nitrogens is 1. The number of benzene rings is 1. The minimum atomic E-state index is -0.139. The van der Waals surface area contributed by atoms with Crippen LogP contribution in [0.1, 0.15) is 5.69 Å². The van der Waals surface area contributed by atoms with Gasteiger partial charge in [-0.05, 0) is 30.3 Å². The first-order chi connectivity index (χ1) is 9.19. The molecule has 0 saturated carbocycles. The standard InChI is InChI=1S/C14H13ClN2O2/c1-19-13-6-5-11(8-12(13)15)17-14(18)9-10-4-2-3-7-16-10/h2-8H,9H2,1H3,(H,17,18). The number of carbonyl (C=O) groups is 1. The summed E-state index contributed by atoms with van der Waals surface area (Å²) in [7, 11) is 1.54. The van der Waals surface area contributed by atoms with Crippen LogP contribution in [0.3, 0.4) is 0 Å². The van der Waals surface area contributed by atoms with Gasteiger partial charge in [-0.2, -0.15) is 0 Å². The number of pyridine rings is 1. The van der Waals surface area contributed by atoms with E-state index in [1.165, 1.54) is 0 Å². The third-order valence-electron chi connectivity index (χ3n) is 2.50. The summed E-state index contributed by atoms with van der Waals surface area (Å²) in [4.78, 5) is 15.9. The maximum atomic E-state index is 11.8. The number of nitrogens with one attached hydrogen (secondary N) is 1. The molecule has 0 spiro atoms. The molecule has 1 aromatic carbocycles. The Morgan fingerprint density at radius 3 is 2.84 bits per heavy atom. The van der Waals surface area contributed by atoms with Crippen molar-refractivity contribution in [1.82, 2.24) is 4.98 Å². The Balaban J connectivity index is 2.01. The molecular weight excluding hydrogens is 264 g/mol. The summed E-state index contributed by atoms with van der Waals surface area (Å²) in [5, 5.41) is 3.22. The van der Waals surface area contributed by atoms with E-state index < -0.39 is 0 Å². The van der Waals surface area contributed by atoms with Crippen molar-refractivity contribution in [3.8, 4) is 5.75 Å². The highest BCUT2D eigenvalue weighted by atomic mass is 35.5. The molecule has 0 radical (unpaired) electrons. The quantitative estimate of drug-likeness (QED) is 0.934. The minimum absolute atomic E-state index is 0.139.